The third kappa shape index (κ3) is 4.48. The summed E-state index contributed by atoms with van der Waals surface area (Å²) in [6.07, 6.45) is 1.17. The first-order valence-corrected chi connectivity index (χ1v) is 7.08. The van der Waals surface area contributed by atoms with Gasteiger partial charge in [-0.3, -0.25) is 0 Å². The average Bonchev–Trinajstić information content (AvgIpc) is 2.93. The smallest absolute Gasteiger partial charge is 0.123 e. The Kier molecular flexibility index (Phi) is 5.61. The molecule has 1 aromatic carbocycles. The molecule has 1 aliphatic heterocycles. The van der Waals surface area contributed by atoms with Gasteiger partial charge in [-0.1, -0.05) is 0 Å². The zero-order valence-electron chi connectivity index (χ0n) is 11.6. The largest absolute Gasteiger partial charge is 0.381 e. The van der Waals surface area contributed by atoms with Crippen molar-refractivity contribution in [3.05, 3.63) is 30.1 Å². The predicted molar refractivity (Wildman–Crippen MR) is 76.1 cm³/mol. The number of nitrogens with zero attached hydrogens (tertiary/aromatic N) is 1. The standard InChI is InChI=1S/C15H23FN2O/c1-2-18(15-5-3-14(16)4-6-15)9-8-17-11-13-7-10-19-12-13/h3-6,13,17H,2,7-12H2,1H3. The number of hydrogen-bond donors (Lipinski definition) is 1. The molecule has 0 aromatic heterocycles. The first-order chi connectivity index (χ1) is 9.29. The maximum absolute atomic E-state index is 12.9. The van der Waals surface area contributed by atoms with E-state index in [1.54, 1.807) is 0 Å². The van der Waals surface area contributed by atoms with Crippen molar-refractivity contribution < 1.29 is 9.13 Å². The van der Waals surface area contributed by atoms with Gasteiger partial charge in [0.2, 0.25) is 0 Å². The van der Waals surface area contributed by atoms with Crippen LogP contribution in [0.4, 0.5) is 10.1 Å². The molecule has 0 aliphatic carbocycles. The molecular weight excluding hydrogens is 243 g/mol. The lowest BCUT2D eigenvalue weighted by Crippen LogP contribution is -2.34. The summed E-state index contributed by atoms with van der Waals surface area (Å²) in [6, 6.07) is 6.70. The Hall–Kier alpha value is -1.13. The molecule has 1 fully saturated rings. The minimum absolute atomic E-state index is 0.181. The molecule has 2 rings (SSSR count). The Bertz CT molecular complexity index is 363. The molecule has 19 heavy (non-hydrogen) atoms. The third-order valence-electron chi connectivity index (χ3n) is 3.59. The number of nitrogens with one attached hydrogen (secondary N) is 1. The summed E-state index contributed by atoms with van der Waals surface area (Å²) in [7, 11) is 0. The van der Waals surface area contributed by atoms with Crippen molar-refractivity contribution in [1.82, 2.24) is 5.32 Å². The van der Waals surface area contributed by atoms with Crippen molar-refractivity contribution >= 4 is 5.69 Å². The third-order valence-corrected chi connectivity index (χ3v) is 3.59. The van der Waals surface area contributed by atoms with Gasteiger partial charge in [0.15, 0.2) is 0 Å². The van der Waals surface area contributed by atoms with Crippen LogP contribution in [-0.4, -0.2) is 39.4 Å². The van der Waals surface area contributed by atoms with Gasteiger partial charge in [-0.2, -0.15) is 0 Å². The number of likely N-dealkylation sites (N-methyl/N-ethyl adjacent to an activating group) is 1. The second kappa shape index (κ2) is 7.46. The second-order valence-corrected chi connectivity index (χ2v) is 4.99. The Morgan fingerprint density at radius 1 is 1.37 bits per heavy atom. The highest BCUT2D eigenvalue weighted by Crippen LogP contribution is 2.14. The van der Waals surface area contributed by atoms with Crippen molar-refractivity contribution in [1.29, 1.82) is 0 Å². The van der Waals surface area contributed by atoms with E-state index >= 15 is 0 Å². The molecular formula is C15H23FN2O. The van der Waals surface area contributed by atoms with Gasteiger partial charge in [-0.15, -0.1) is 0 Å². The van der Waals surface area contributed by atoms with Crippen LogP contribution >= 0.6 is 0 Å². The van der Waals surface area contributed by atoms with Crippen molar-refractivity contribution in [2.45, 2.75) is 13.3 Å². The zero-order valence-corrected chi connectivity index (χ0v) is 11.6. The molecule has 106 valence electrons. The summed E-state index contributed by atoms with van der Waals surface area (Å²) in [5.41, 5.74) is 1.08. The average molecular weight is 266 g/mol. The fourth-order valence-corrected chi connectivity index (χ4v) is 2.39. The van der Waals surface area contributed by atoms with E-state index in [9.17, 15) is 4.39 Å². The fraction of sp³-hybridized carbons (Fsp3) is 0.600. The van der Waals surface area contributed by atoms with Gasteiger partial charge < -0.3 is 15.0 Å². The summed E-state index contributed by atoms with van der Waals surface area (Å²) < 4.78 is 18.2. The maximum Gasteiger partial charge on any atom is 0.123 e. The fourth-order valence-electron chi connectivity index (χ4n) is 2.39. The van der Waals surface area contributed by atoms with Crippen molar-refractivity contribution in [3.63, 3.8) is 0 Å². The number of ether oxygens (including phenoxy) is 1. The van der Waals surface area contributed by atoms with E-state index in [0.29, 0.717) is 5.92 Å². The van der Waals surface area contributed by atoms with Gasteiger partial charge in [0.05, 0.1) is 6.61 Å². The summed E-state index contributed by atoms with van der Waals surface area (Å²) >= 11 is 0. The quantitative estimate of drug-likeness (QED) is 0.766. The first-order valence-electron chi connectivity index (χ1n) is 7.08. The number of anilines is 1. The van der Waals surface area contributed by atoms with E-state index < -0.39 is 0 Å². The van der Waals surface area contributed by atoms with Crippen LogP contribution in [0.1, 0.15) is 13.3 Å². The highest BCUT2D eigenvalue weighted by atomic mass is 19.1. The van der Waals surface area contributed by atoms with Gasteiger partial charge in [-0.25, -0.2) is 4.39 Å². The summed E-state index contributed by atoms with van der Waals surface area (Å²) in [6.45, 7) is 7.76. The molecule has 0 amide bonds. The topological polar surface area (TPSA) is 24.5 Å². The van der Waals surface area contributed by atoms with Crippen LogP contribution in [0, 0.1) is 11.7 Å². The molecule has 0 bridgehead atoms. The van der Waals surface area contributed by atoms with E-state index in [1.807, 2.05) is 12.1 Å². The first kappa shape index (κ1) is 14.3. The Morgan fingerprint density at radius 3 is 2.79 bits per heavy atom. The molecule has 3 nitrogen and oxygen atoms in total. The van der Waals surface area contributed by atoms with Crippen molar-refractivity contribution in [3.8, 4) is 0 Å². The minimum Gasteiger partial charge on any atom is -0.381 e. The van der Waals surface area contributed by atoms with Crippen LogP contribution in [-0.2, 0) is 4.74 Å². The number of halogens is 1. The summed E-state index contributed by atoms with van der Waals surface area (Å²) in [5, 5.41) is 3.48. The molecule has 1 heterocycles. The number of rotatable bonds is 7. The minimum atomic E-state index is -0.181. The normalized spacial score (nSPS) is 18.7. The zero-order chi connectivity index (χ0) is 13.5. The van der Waals surface area contributed by atoms with Crippen molar-refractivity contribution in [2.24, 2.45) is 5.92 Å². The molecule has 0 radical (unpaired) electrons. The Morgan fingerprint density at radius 2 is 2.16 bits per heavy atom. The van der Waals surface area contributed by atoms with E-state index in [-0.39, 0.29) is 5.82 Å². The summed E-state index contributed by atoms with van der Waals surface area (Å²) in [4.78, 5) is 2.25. The van der Waals surface area contributed by atoms with Gasteiger partial charge in [0.1, 0.15) is 5.82 Å². The molecule has 1 atom stereocenters. The van der Waals surface area contributed by atoms with Gasteiger partial charge >= 0.3 is 0 Å². The highest BCUT2D eigenvalue weighted by Gasteiger charge is 2.14. The van der Waals surface area contributed by atoms with Gasteiger partial charge in [-0.05, 0) is 43.5 Å². The van der Waals surface area contributed by atoms with Gasteiger partial charge in [0.25, 0.3) is 0 Å². The predicted octanol–water partition coefficient (Wildman–Crippen LogP) is 2.28. The van der Waals surface area contributed by atoms with E-state index in [2.05, 4.69) is 17.1 Å². The lowest BCUT2D eigenvalue weighted by atomic mass is 10.1. The lowest BCUT2D eigenvalue weighted by Gasteiger charge is -2.23. The molecule has 4 heteroatoms. The van der Waals surface area contributed by atoms with Crippen LogP contribution in [0.2, 0.25) is 0 Å². The number of benzene rings is 1. The monoisotopic (exact) mass is 266 g/mol. The van der Waals surface area contributed by atoms with Crippen LogP contribution in [0.25, 0.3) is 0 Å². The second-order valence-electron chi connectivity index (χ2n) is 4.99. The molecule has 1 saturated heterocycles. The number of hydrogen-bond acceptors (Lipinski definition) is 3. The lowest BCUT2D eigenvalue weighted by molar-refractivity contribution is 0.185. The molecule has 0 spiro atoms. The van der Waals surface area contributed by atoms with Crippen molar-refractivity contribution in [2.75, 3.05) is 44.3 Å². The molecule has 0 saturated carbocycles. The molecule has 1 aliphatic rings. The van der Waals surface area contributed by atoms with Crippen LogP contribution < -0.4 is 10.2 Å². The molecule has 1 N–H and O–H groups in total. The summed E-state index contributed by atoms with van der Waals surface area (Å²) in [5.74, 6) is 0.486. The van der Waals surface area contributed by atoms with Crippen LogP contribution in [0.15, 0.2) is 24.3 Å². The van der Waals surface area contributed by atoms with Crippen LogP contribution in [0.3, 0.4) is 0 Å². The molecule has 1 unspecified atom stereocenters. The SMILES string of the molecule is CCN(CCNCC1CCOC1)c1ccc(F)cc1. The highest BCUT2D eigenvalue weighted by molar-refractivity contribution is 5.46. The Labute approximate surface area is 114 Å². The molecule has 1 aromatic rings. The van der Waals surface area contributed by atoms with Gasteiger partial charge in [0, 0.05) is 38.5 Å². The maximum atomic E-state index is 12.9. The van der Waals surface area contributed by atoms with Crippen LogP contribution in [0.5, 0.6) is 0 Å². The van der Waals surface area contributed by atoms with E-state index in [4.69, 9.17) is 4.74 Å². The van der Waals surface area contributed by atoms with E-state index in [0.717, 1.165) is 45.1 Å². The van der Waals surface area contributed by atoms with E-state index in [1.165, 1.54) is 18.6 Å². The Balaban J connectivity index is 1.71.